The molecule has 6 nitrogen and oxygen atoms in total. The summed E-state index contributed by atoms with van der Waals surface area (Å²) in [4.78, 5) is 16.5. The van der Waals surface area contributed by atoms with E-state index >= 15 is 0 Å². The summed E-state index contributed by atoms with van der Waals surface area (Å²) in [5.74, 6) is 0.631. The Hall–Kier alpha value is -2.37. The minimum absolute atomic E-state index is 0.309. The molecule has 1 N–H and O–H groups in total. The third kappa shape index (κ3) is 3.00. The van der Waals surface area contributed by atoms with E-state index in [4.69, 9.17) is 4.74 Å². The van der Waals surface area contributed by atoms with E-state index in [2.05, 4.69) is 35.3 Å². The van der Waals surface area contributed by atoms with E-state index in [0.717, 1.165) is 23.5 Å². The van der Waals surface area contributed by atoms with Crippen molar-refractivity contribution < 1.29 is 9.53 Å². The number of nitrogens with zero attached hydrogens (tertiary/aromatic N) is 3. The number of aromatic nitrogens is 3. The SMILES string of the molecule is Cc1cc(C)n(CC(C)CNc2nccc3c2C(=O)OC3(C)C)n1. The Morgan fingerprint density at radius 3 is 2.79 bits per heavy atom. The molecule has 2 aromatic heterocycles. The number of anilines is 1. The van der Waals surface area contributed by atoms with Gasteiger partial charge in [-0.3, -0.25) is 4.68 Å². The van der Waals surface area contributed by atoms with Crippen LogP contribution in [0.3, 0.4) is 0 Å². The maximum absolute atomic E-state index is 12.2. The van der Waals surface area contributed by atoms with Crippen molar-refractivity contribution in [1.82, 2.24) is 14.8 Å². The number of ether oxygens (including phenoxy) is 1. The predicted octanol–water partition coefficient (Wildman–Crippen LogP) is 3.05. The number of nitrogens with one attached hydrogen (secondary N) is 1. The third-order valence-corrected chi connectivity index (χ3v) is 4.36. The molecular weight excluding hydrogens is 304 g/mol. The topological polar surface area (TPSA) is 69.0 Å². The van der Waals surface area contributed by atoms with Crippen LogP contribution in [-0.2, 0) is 16.9 Å². The van der Waals surface area contributed by atoms with Gasteiger partial charge in [0.1, 0.15) is 17.0 Å². The normalized spacial score (nSPS) is 16.6. The second-order valence-electron chi connectivity index (χ2n) is 7.08. The number of carbonyl (C=O) groups is 1. The zero-order valence-corrected chi connectivity index (χ0v) is 14.9. The van der Waals surface area contributed by atoms with Crippen LogP contribution in [0.2, 0.25) is 0 Å². The van der Waals surface area contributed by atoms with Gasteiger partial charge in [0, 0.05) is 30.5 Å². The van der Waals surface area contributed by atoms with Crippen molar-refractivity contribution in [2.45, 2.75) is 46.8 Å². The van der Waals surface area contributed by atoms with Crippen LogP contribution in [0.25, 0.3) is 0 Å². The first-order valence-corrected chi connectivity index (χ1v) is 8.25. The summed E-state index contributed by atoms with van der Waals surface area (Å²) in [6.07, 6.45) is 1.72. The van der Waals surface area contributed by atoms with E-state index < -0.39 is 5.60 Å². The number of fused-ring (bicyclic) bond motifs is 1. The summed E-state index contributed by atoms with van der Waals surface area (Å²) in [6, 6.07) is 3.93. The number of aryl methyl sites for hydroxylation is 2. The fraction of sp³-hybridized carbons (Fsp3) is 0.500. The van der Waals surface area contributed by atoms with Gasteiger partial charge in [-0.25, -0.2) is 9.78 Å². The van der Waals surface area contributed by atoms with Gasteiger partial charge in [-0.2, -0.15) is 5.10 Å². The Labute approximate surface area is 142 Å². The largest absolute Gasteiger partial charge is 0.451 e. The van der Waals surface area contributed by atoms with E-state index in [0.29, 0.717) is 23.8 Å². The average molecular weight is 328 g/mol. The number of rotatable bonds is 5. The Morgan fingerprint density at radius 2 is 2.12 bits per heavy atom. The lowest BCUT2D eigenvalue weighted by Crippen LogP contribution is -2.20. The monoisotopic (exact) mass is 328 g/mol. The van der Waals surface area contributed by atoms with E-state index in [-0.39, 0.29) is 5.97 Å². The predicted molar refractivity (Wildman–Crippen MR) is 92.0 cm³/mol. The minimum Gasteiger partial charge on any atom is -0.451 e. The summed E-state index contributed by atoms with van der Waals surface area (Å²) in [6.45, 7) is 11.5. The van der Waals surface area contributed by atoms with Crippen molar-refractivity contribution in [3.63, 3.8) is 0 Å². The van der Waals surface area contributed by atoms with E-state index in [1.807, 2.05) is 31.5 Å². The molecule has 24 heavy (non-hydrogen) atoms. The fourth-order valence-corrected chi connectivity index (χ4v) is 3.13. The second kappa shape index (κ2) is 5.92. The molecule has 1 aliphatic heterocycles. The second-order valence-corrected chi connectivity index (χ2v) is 7.08. The summed E-state index contributed by atoms with van der Waals surface area (Å²) in [5, 5.41) is 7.80. The van der Waals surface area contributed by atoms with Gasteiger partial charge >= 0.3 is 5.97 Å². The van der Waals surface area contributed by atoms with Gasteiger partial charge in [-0.05, 0) is 45.7 Å². The van der Waals surface area contributed by atoms with Crippen LogP contribution in [0.5, 0.6) is 0 Å². The summed E-state index contributed by atoms with van der Waals surface area (Å²) >= 11 is 0. The van der Waals surface area contributed by atoms with Gasteiger partial charge in [-0.15, -0.1) is 0 Å². The quantitative estimate of drug-likeness (QED) is 0.854. The molecule has 2 aromatic rings. The van der Waals surface area contributed by atoms with Gasteiger partial charge in [0.15, 0.2) is 0 Å². The van der Waals surface area contributed by atoms with Gasteiger partial charge in [-0.1, -0.05) is 6.92 Å². The minimum atomic E-state index is -0.596. The van der Waals surface area contributed by atoms with Gasteiger partial charge < -0.3 is 10.1 Å². The molecule has 0 bridgehead atoms. The standard InChI is InChI=1S/C18H24N4O2/c1-11(10-22-13(3)8-12(2)21-22)9-20-16-15-14(6-7-19-16)18(4,5)24-17(15)23/h6-8,11H,9-10H2,1-5H3,(H,19,20). The van der Waals surface area contributed by atoms with Crippen molar-refractivity contribution in [2.75, 3.05) is 11.9 Å². The van der Waals surface area contributed by atoms with Crippen LogP contribution in [0.15, 0.2) is 18.3 Å². The lowest BCUT2D eigenvalue weighted by Gasteiger charge is -2.17. The average Bonchev–Trinajstić information content (AvgIpc) is 2.93. The highest BCUT2D eigenvalue weighted by Crippen LogP contribution is 2.38. The number of hydrogen-bond donors (Lipinski definition) is 1. The molecule has 1 atom stereocenters. The fourth-order valence-electron chi connectivity index (χ4n) is 3.13. The van der Waals surface area contributed by atoms with E-state index in [9.17, 15) is 4.79 Å². The van der Waals surface area contributed by atoms with Crippen molar-refractivity contribution in [3.8, 4) is 0 Å². The first kappa shape index (κ1) is 16.5. The Kier molecular flexibility index (Phi) is 4.07. The molecular formula is C18H24N4O2. The molecule has 6 heteroatoms. The highest BCUT2D eigenvalue weighted by Gasteiger charge is 2.39. The molecule has 0 aliphatic carbocycles. The molecule has 3 heterocycles. The number of cyclic esters (lactones) is 1. The molecule has 1 aliphatic rings. The summed E-state index contributed by atoms with van der Waals surface area (Å²) < 4.78 is 7.46. The maximum Gasteiger partial charge on any atom is 0.343 e. The van der Waals surface area contributed by atoms with Gasteiger partial charge in [0.05, 0.1) is 5.69 Å². The smallest absolute Gasteiger partial charge is 0.343 e. The maximum atomic E-state index is 12.2. The Morgan fingerprint density at radius 1 is 1.38 bits per heavy atom. The summed E-state index contributed by atoms with van der Waals surface area (Å²) in [7, 11) is 0. The van der Waals surface area contributed by atoms with Crippen LogP contribution in [-0.4, -0.2) is 27.3 Å². The van der Waals surface area contributed by atoms with Crippen molar-refractivity contribution in [3.05, 3.63) is 40.8 Å². The molecule has 0 fully saturated rings. The van der Waals surface area contributed by atoms with Crippen LogP contribution in [0.1, 0.15) is 48.1 Å². The first-order valence-electron chi connectivity index (χ1n) is 8.25. The van der Waals surface area contributed by atoms with Crippen molar-refractivity contribution in [2.24, 2.45) is 5.92 Å². The molecule has 0 radical (unpaired) electrons. The van der Waals surface area contributed by atoms with Crippen LogP contribution >= 0.6 is 0 Å². The number of carbonyl (C=O) groups excluding carboxylic acids is 1. The molecule has 128 valence electrons. The highest BCUT2D eigenvalue weighted by molar-refractivity contribution is 5.99. The molecule has 0 saturated heterocycles. The Bertz CT molecular complexity index is 779. The number of pyridine rings is 1. The molecule has 3 rings (SSSR count). The lowest BCUT2D eigenvalue weighted by atomic mass is 9.97. The lowest BCUT2D eigenvalue weighted by molar-refractivity contribution is 0.00958. The van der Waals surface area contributed by atoms with Crippen LogP contribution < -0.4 is 5.32 Å². The first-order chi connectivity index (χ1) is 11.3. The van der Waals surface area contributed by atoms with Gasteiger partial charge in [0.2, 0.25) is 0 Å². The molecule has 0 aromatic carbocycles. The van der Waals surface area contributed by atoms with Crippen molar-refractivity contribution in [1.29, 1.82) is 0 Å². The molecule has 0 spiro atoms. The van der Waals surface area contributed by atoms with E-state index in [1.165, 1.54) is 0 Å². The van der Waals surface area contributed by atoms with Crippen molar-refractivity contribution >= 4 is 11.8 Å². The zero-order valence-electron chi connectivity index (χ0n) is 14.9. The summed E-state index contributed by atoms with van der Waals surface area (Å²) in [5.41, 5.74) is 3.03. The molecule has 0 saturated carbocycles. The molecule has 0 amide bonds. The molecule has 1 unspecified atom stereocenters. The van der Waals surface area contributed by atoms with Gasteiger partial charge in [0.25, 0.3) is 0 Å². The highest BCUT2D eigenvalue weighted by atomic mass is 16.6. The number of hydrogen-bond acceptors (Lipinski definition) is 5. The van der Waals surface area contributed by atoms with Crippen LogP contribution in [0, 0.1) is 19.8 Å². The zero-order chi connectivity index (χ0) is 17.5. The Balaban J connectivity index is 1.71. The third-order valence-electron chi connectivity index (χ3n) is 4.36. The number of esters is 1. The van der Waals surface area contributed by atoms with E-state index in [1.54, 1.807) is 6.20 Å². The van der Waals surface area contributed by atoms with Crippen LogP contribution in [0.4, 0.5) is 5.82 Å².